The first-order valence-corrected chi connectivity index (χ1v) is 6.91. The van der Waals surface area contributed by atoms with Crippen molar-refractivity contribution in [2.45, 2.75) is 25.5 Å². The van der Waals surface area contributed by atoms with E-state index in [4.69, 9.17) is 9.47 Å². The average molecular weight is 273 g/mol. The van der Waals surface area contributed by atoms with Crippen LogP contribution in [0.1, 0.15) is 29.6 Å². The molecule has 1 atom stereocenters. The molecule has 1 aromatic heterocycles. The molecule has 0 unspecified atom stereocenters. The van der Waals surface area contributed by atoms with Crippen molar-refractivity contribution in [2.24, 2.45) is 0 Å². The average Bonchev–Trinajstić information content (AvgIpc) is 3.10. The van der Waals surface area contributed by atoms with Crippen molar-refractivity contribution in [3.05, 3.63) is 47.5 Å². The first kappa shape index (κ1) is 13.3. The Balaban J connectivity index is 1.87. The summed E-state index contributed by atoms with van der Waals surface area (Å²) in [5.74, 6) is 2.10. The zero-order chi connectivity index (χ0) is 13.8. The molecule has 5 nitrogen and oxygen atoms in total. The minimum Gasteiger partial charge on any atom is -0.381 e. The van der Waals surface area contributed by atoms with Gasteiger partial charge in [-0.1, -0.05) is 30.3 Å². The molecule has 0 aliphatic carbocycles. The lowest BCUT2D eigenvalue weighted by atomic mass is 10.1. The minimum absolute atomic E-state index is 0.344. The minimum atomic E-state index is 0.344. The van der Waals surface area contributed by atoms with Crippen molar-refractivity contribution in [3.8, 4) is 0 Å². The Hall–Kier alpha value is -1.72. The van der Waals surface area contributed by atoms with E-state index in [1.807, 2.05) is 22.9 Å². The Labute approximate surface area is 118 Å². The standard InChI is InChI=1S/C15H19N3O2/c1-19-11-14-16-15(13-7-8-20-10-13)18(17-14)9-12-5-3-2-4-6-12/h2-6,13H,7-11H2,1H3/t13-/m0/s1. The quantitative estimate of drug-likeness (QED) is 0.836. The summed E-state index contributed by atoms with van der Waals surface area (Å²) in [6, 6.07) is 10.3. The van der Waals surface area contributed by atoms with Crippen LogP contribution in [-0.4, -0.2) is 35.1 Å². The van der Waals surface area contributed by atoms with E-state index >= 15 is 0 Å². The maximum atomic E-state index is 5.47. The molecule has 1 aliphatic rings. The zero-order valence-electron chi connectivity index (χ0n) is 11.7. The summed E-state index contributed by atoms with van der Waals surface area (Å²) in [4.78, 5) is 4.62. The molecule has 0 saturated carbocycles. The summed E-state index contributed by atoms with van der Waals surface area (Å²) in [5.41, 5.74) is 1.22. The van der Waals surface area contributed by atoms with Crippen LogP contribution in [0.3, 0.4) is 0 Å². The predicted octanol–water partition coefficient (Wildman–Crippen LogP) is 1.98. The van der Waals surface area contributed by atoms with Crippen LogP contribution in [0.25, 0.3) is 0 Å². The highest BCUT2D eigenvalue weighted by atomic mass is 16.5. The van der Waals surface area contributed by atoms with E-state index in [1.165, 1.54) is 5.56 Å². The summed E-state index contributed by atoms with van der Waals surface area (Å²) in [6.07, 6.45) is 1.01. The lowest BCUT2D eigenvalue weighted by molar-refractivity contribution is 0.177. The molecule has 2 heterocycles. The smallest absolute Gasteiger partial charge is 0.176 e. The highest BCUT2D eigenvalue weighted by Crippen LogP contribution is 2.24. The van der Waals surface area contributed by atoms with Crippen LogP contribution in [0.4, 0.5) is 0 Å². The fraction of sp³-hybridized carbons (Fsp3) is 0.467. The predicted molar refractivity (Wildman–Crippen MR) is 74.5 cm³/mol. The SMILES string of the molecule is COCc1nc([C@H]2CCOC2)n(Cc2ccccc2)n1. The van der Waals surface area contributed by atoms with Crippen LogP contribution in [0.2, 0.25) is 0 Å². The van der Waals surface area contributed by atoms with Crippen molar-refractivity contribution in [3.63, 3.8) is 0 Å². The maximum absolute atomic E-state index is 5.47. The van der Waals surface area contributed by atoms with Gasteiger partial charge in [0.15, 0.2) is 5.82 Å². The number of nitrogens with zero attached hydrogens (tertiary/aromatic N) is 3. The van der Waals surface area contributed by atoms with E-state index in [-0.39, 0.29) is 0 Å². The molecule has 1 aromatic carbocycles. The molecule has 0 radical (unpaired) electrons. The lowest BCUT2D eigenvalue weighted by Crippen LogP contribution is -2.11. The largest absolute Gasteiger partial charge is 0.381 e. The Morgan fingerprint density at radius 2 is 2.20 bits per heavy atom. The number of ether oxygens (including phenoxy) is 2. The Morgan fingerprint density at radius 1 is 1.35 bits per heavy atom. The third kappa shape index (κ3) is 2.89. The summed E-state index contributed by atoms with van der Waals surface area (Å²) in [7, 11) is 1.66. The van der Waals surface area contributed by atoms with Crippen LogP contribution in [-0.2, 0) is 22.6 Å². The van der Waals surface area contributed by atoms with E-state index in [0.29, 0.717) is 12.5 Å². The van der Waals surface area contributed by atoms with Crippen LogP contribution in [0.15, 0.2) is 30.3 Å². The van der Waals surface area contributed by atoms with Crippen molar-refractivity contribution in [2.75, 3.05) is 20.3 Å². The molecule has 1 aliphatic heterocycles. The third-order valence-electron chi connectivity index (χ3n) is 3.49. The van der Waals surface area contributed by atoms with Gasteiger partial charge in [-0.2, -0.15) is 5.10 Å². The van der Waals surface area contributed by atoms with E-state index in [9.17, 15) is 0 Å². The fourth-order valence-corrected chi connectivity index (χ4v) is 2.51. The Kier molecular flexibility index (Phi) is 4.08. The van der Waals surface area contributed by atoms with Crippen molar-refractivity contribution < 1.29 is 9.47 Å². The summed E-state index contributed by atoms with van der Waals surface area (Å²) in [6.45, 7) is 2.73. The molecule has 1 saturated heterocycles. The first-order chi connectivity index (χ1) is 9.86. The van der Waals surface area contributed by atoms with Gasteiger partial charge in [0.25, 0.3) is 0 Å². The molecule has 3 rings (SSSR count). The van der Waals surface area contributed by atoms with Crippen LogP contribution in [0.5, 0.6) is 0 Å². The van der Waals surface area contributed by atoms with Gasteiger partial charge in [0, 0.05) is 19.6 Å². The highest BCUT2D eigenvalue weighted by molar-refractivity contribution is 5.16. The number of methoxy groups -OCH3 is 1. The van der Waals surface area contributed by atoms with Gasteiger partial charge >= 0.3 is 0 Å². The second kappa shape index (κ2) is 6.15. The number of aromatic nitrogens is 3. The van der Waals surface area contributed by atoms with Gasteiger partial charge in [0.1, 0.15) is 12.4 Å². The number of rotatable bonds is 5. The molecule has 5 heteroatoms. The molecule has 0 amide bonds. The molecule has 0 bridgehead atoms. The van der Waals surface area contributed by atoms with Gasteiger partial charge in [-0.05, 0) is 12.0 Å². The van der Waals surface area contributed by atoms with Gasteiger partial charge in [-0.25, -0.2) is 9.67 Å². The van der Waals surface area contributed by atoms with Gasteiger partial charge in [0.05, 0.1) is 13.2 Å². The van der Waals surface area contributed by atoms with Crippen LogP contribution < -0.4 is 0 Å². The fourth-order valence-electron chi connectivity index (χ4n) is 2.51. The molecule has 0 N–H and O–H groups in total. The van der Waals surface area contributed by atoms with Crippen molar-refractivity contribution in [1.29, 1.82) is 0 Å². The number of hydrogen-bond donors (Lipinski definition) is 0. The molecular formula is C15H19N3O2. The zero-order valence-corrected chi connectivity index (χ0v) is 11.7. The van der Waals surface area contributed by atoms with E-state index in [0.717, 1.165) is 37.8 Å². The van der Waals surface area contributed by atoms with Crippen molar-refractivity contribution in [1.82, 2.24) is 14.8 Å². The maximum Gasteiger partial charge on any atom is 0.176 e. The second-order valence-corrected chi connectivity index (χ2v) is 5.02. The van der Waals surface area contributed by atoms with Gasteiger partial charge in [0.2, 0.25) is 0 Å². The molecule has 2 aromatic rings. The number of benzene rings is 1. The van der Waals surface area contributed by atoms with E-state index < -0.39 is 0 Å². The first-order valence-electron chi connectivity index (χ1n) is 6.91. The van der Waals surface area contributed by atoms with E-state index in [2.05, 4.69) is 22.2 Å². The van der Waals surface area contributed by atoms with Crippen LogP contribution in [0, 0.1) is 0 Å². The lowest BCUT2D eigenvalue weighted by Gasteiger charge is -2.09. The van der Waals surface area contributed by atoms with Crippen LogP contribution >= 0.6 is 0 Å². The Morgan fingerprint density at radius 3 is 2.90 bits per heavy atom. The summed E-state index contributed by atoms with van der Waals surface area (Å²) in [5, 5.41) is 4.56. The topological polar surface area (TPSA) is 49.2 Å². The third-order valence-corrected chi connectivity index (χ3v) is 3.49. The second-order valence-electron chi connectivity index (χ2n) is 5.02. The van der Waals surface area contributed by atoms with Gasteiger partial charge in [-0.3, -0.25) is 0 Å². The molecule has 1 fully saturated rings. The number of hydrogen-bond acceptors (Lipinski definition) is 4. The molecule has 20 heavy (non-hydrogen) atoms. The molecular weight excluding hydrogens is 254 g/mol. The van der Waals surface area contributed by atoms with E-state index in [1.54, 1.807) is 7.11 Å². The molecule has 106 valence electrons. The van der Waals surface area contributed by atoms with Gasteiger partial charge < -0.3 is 9.47 Å². The Bertz CT molecular complexity index is 548. The van der Waals surface area contributed by atoms with Crippen molar-refractivity contribution >= 4 is 0 Å². The molecule has 0 spiro atoms. The highest BCUT2D eigenvalue weighted by Gasteiger charge is 2.24. The summed E-state index contributed by atoms with van der Waals surface area (Å²) < 4.78 is 12.6. The van der Waals surface area contributed by atoms with Gasteiger partial charge in [-0.15, -0.1) is 0 Å². The summed E-state index contributed by atoms with van der Waals surface area (Å²) >= 11 is 0. The monoisotopic (exact) mass is 273 g/mol. The normalized spacial score (nSPS) is 18.6.